The molecule has 0 aromatic heterocycles. The van der Waals surface area contributed by atoms with Crippen molar-refractivity contribution in [3.63, 3.8) is 0 Å². The van der Waals surface area contributed by atoms with Crippen molar-refractivity contribution in [3.05, 3.63) is 24.3 Å². The number of nitrogens with zero attached hydrogens (tertiary/aromatic N) is 1. The number of esters is 1. The van der Waals surface area contributed by atoms with Crippen LogP contribution in [0, 0.1) is 0 Å². The maximum atomic E-state index is 12.6. The highest BCUT2D eigenvalue weighted by Crippen LogP contribution is 2.43. The minimum absolute atomic E-state index is 0.0814. The Bertz CT molecular complexity index is 874. The molecule has 0 saturated heterocycles. The maximum Gasteiger partial charge on any atom is 0.472 e. The van der Waals surface area contributed by atoms with Gasteiger partial charge in [-0.2, -0.15) is 0 Å². The molecule has 0 fully saturated rings. The van der Waals surface area contributed by atoms with Gasteiger partial charge in [-0.1, -0.05) is 167 Å². The van der Waals surface area contributed by atoms with Gasteiger partial charge in [0.05, 0.1) is 34.4 Å². The maximum absolute atomic E-state index is 12.6. The highest BCUT2D eigenvalue weighted by molar-refractivity contribution is 7.47. The van der Waals surface area contributed by atoms with Gasteiger partial charge in [0.15, 0.2) is 0 Å². The van der Waals surface area contributed by atoms with E-state index in [1.165, 1.54) is 128 Å². The van der Waals surface area contributed by atoms with Gasteiger partial charge in [0.25, 0.3) is 0 Å². The third-order valence-electron chi connectivity index (χ3n) is 9.03. The Morgan fingerprint density at radius 3 is 1.59 bits per heavy atom. The first-order valence-electron chi connectivity index (χ1n) is 21.1. The summed E-state index contributed by atoms with van der Waals surface area (Å²) in [6.45, 7) is 5.56. The van der Waals surface area contributed by atoms with Gasteiger partial charge >= 0.3 is 13.8 Å². The van der Waals surface area contributed by atoms with Gasteiger partial charge in [-0.05, 0) is 32.1 Å². The van der Waals surface area contributed by atoms with Gasteiger partial charge in [-0.25, -0.2) is 4.57 Å². The zero-order chi connectivity index (χ0) is 37.7. The van der Waals surface area contributed by atoms with Crippen LogP contribution in [0.2, 0.25) is 0 Å². The summed E-state index contributed by atoms with van der Waals surface area (Å²) in [6.07, 6.45) is 39.3. The normalized spacial score (nSPS) is 14.1. The molecular formula is C42H83NO7P+. The van der Waals surface area contributed by atoms with Crippen LogP contribution >= 0.6 is 7.82 Å². The molecule has 2 unspecified atom stereocenters. The zero-order valence-electron chi connectivity index (χ0n) is 34.1. The second kappa shape index (κ2) is 36.0. The first-order chi connectivity index (χ1) is 24.6. The van der Waals surface area contributed by atoms with Crippen molar-refractivity contribution in [1.82, 2.24) is 0 Å². The molecule has 0 aliphatic heterocycles. The number of unbranched alkanes of at least 4 members (excludes halogenated alkanes) is 21. The van der Waals surface area contributed by atoms with E-state index in [1.54, 1.807) is 0 Å². The quantitative estimate of drug-likeness (QED) is 0.0220. The van der Waals surface area contributed by atoms with Crippen LogP contribution in [0.4, 0.5) is 0 Å². The number of rotatable bonds is 39. The fraction of sp³-hybridized carbons (Fsp3) is 0.881. The molecule has 0 saturated carbocycles. The SMILES string of the molecule is CCCCCCCCCC/C=C\C/C=C\CCC(=O)OC(COCCCCCCCCCCCCCCCC)COP(=O)(O)OCC[N+](C)(C)C. The second-order valence-electron chi connectivity index (χ2n) is 15.4. The molecule has 0 rings (SSSR count). The summed E-state index contributed by atoms with van der Waals surface area (Å²) in [5.74, 6) is -0.377. The third-order valence-corrected chi connectivity index (χ3v) is 10.0. The van der Waals surface area contributed by atoms with Gasteiger partial charge in [0.2, 0.25) is 0 Å². The molecule has 302 valence electrons. The van der Waals surface area contributed by atoms with E-state index in [1.807, 2.05) is 27.2 Å². The molecule has 0 aromatic rings. The van der Waals surface area contributed by atoms with E-state index in [-0.39, 0.29) is 32.2 Å². The number of phosphoric ester groups is 1. The van der Waals surface area contributed by atoms with Crippen LogP contribution in [-0.2, 0) is 27.9 Å². The van der Waals surface area contributed by atoms with Gasteiger partial charge in [0.1, 0.15) is 19.3 Å². The Balaban J connectivity index is 4.32. The number of likely N-dealkylation sites (N-methyl/N-ethyl adjacent to an activating group) is 1. The lowest BCUT2D eigenvalue weighted by Gasteiger charge is -2.24. The topological polar surface area (TPSA) is 91.3 Å². The van der Waals surface area contributed by atoms with E-state index in [4.69, 9.17) is 18.5 Å². The Kier molecular flexibility index (Phi) is 35.3. The standard InChI is InChI=1S/C42H82NO7P/c1-6-8-10-12-14-16-18-20-22-23-25-27-29-31-33-35-42(44)50-41(40-49-51(45,46)48-38-36-43(3,4)5)39-47-37-34-32-30-28-26-24-21-19-17-15-13-11-9-7-2/h23,25,29,31,41H,6-22,24,26-28,30,32-40H2,1-5H3/p+1/b25-23-,31-29-. The molecule has 0 radical (unpaired) electrons. The summed E-state index contributed by atoms with van der Waals surface area (Å²) >= 11 is 0. The van der Waals surface area contributed by atoms with E-state index in [0.717, 1.165) is 25.7 Å². The van der Waals surface area contributed by atoms with E-state index in [2.05, 4.69) is 32.1 Å². The number of carbonyl (C=O) groups excluding carboxylic acids is 1. The molecule has 8 nitrogen and oxygen atoms in total. The molecule has 51 heavy (non-hydrogen) atoms. The molecule has 2 atom stereocenters. The summed E-state index contributed by atoms with van der Waals surface area (Å²) < 4.78 is 34.9. The average Bonchev–Trinajstić information content (AvgIpc) is 3.08. The smallest absolute Gasteiger partial charge is 0.457 e. The number of hydrogen-bond donors (Lipinski definition) is 1. The van der Waals surface area contributed by atoms with Crippen LogP contribution in [0.25, 0.3) is 0 Å². The van der Waals surface area contributed by atoms with Crippen molar-refractivity contribution in [3.8, 4) is 0 Å². The molecule has 1 N–H and O–H groups in total. The Labute approximate surface area is 315 Å². The van der Waals surface area contributed by atoms with Gasteiger partial charge in [0, 0.05) is 13.0 Å². The largest absolute Gasteiger partial charge is 0.472 e. The fourth-order valence-electron chi connectivity index (χ4n) is 5.72. The third kappa shape index (κ3) is 40.0. The van der Waals surface area contributed by atoms with Crippen LogP contribution in [0.15, 0.2) is 24.3 Å². The van der Waals surface area contributed by atoms with Gasteiger partial charge in [-0.15, -0.1) is 0 Å². The minimum atomic E-state index is -4.28. The number of ether oxygens (including phenoxy) is 2. The van der Waals surface area contributed by atoms with Crippen molar-refractivity contribution in [1.29, 1.82) is 0 Å². The van der Waals surface area contributed by atoms with Gasteiger partial charge in [-0.3, -0.25) is 13.8 Å². The molecule has 0 spiro atoms. The summed E-state index contributed by atoms with van der Waals surface area (Å²) in [7, 11) is 1.64. The van der Waals surface area contributed by atoms with Crippen molar-refractivity contribution in [2.45, 2.75) is 187 Å². The summed E-state index contributed by atoms with van der Waals surface area (Å²) in [4.78, 5) is 22.8. The number of quaternary nitrogens is 1. The van der Waals surface area contributed by atoms with Crippen LogP contribution in [0.5, 0.6) is 0 Å². The Morgan fingerprint density at radius 1 is 0.608 bits per heavy atom. The predicted octanol–water partition coefficient (Wildman–Crippen LogP) is 12.0. The highest BCUT2D eigenvalue weighted by atomic mass is 31.2. The lowest BCUT2D eigenvalue weighted by atomic mass is 10.0. The second-order valence-corrected chi connectivity index (χ2v) is 16.8. The molecule has 9 heteroatoms. The molecule has 0 aliphatic rings. The molecule has 0 aliphatic carbocycles. The molecule has 0 heterocycles. The van der Waals surface area contributed by atoms with E-state index < -0.39 is 13.9 Å². The Morgan fingerprint density at radius 2 is 1.08 bits per heavy atom. The van der Waals surface area contributed by atoms with Crippen molar-refractivity contribution in [2.75, 3.05) is 54.1 Å². The van der Waals surface area contributed by atoms with Crippen molar-refractivity contribution < 1.29 is 37.3 Å². The first kappa shape index (κ1) is 50.0. The Hall–Kier alpha value is -1.02. The lowest BCUT2D eigenvalue weighted by Crippen LogP contribution is -2.37. The van der Waals surface area contributed by atoms with Crippen molar-refractivity contribution >= 4 is 13.8 Å². The first-order valence-corrected chi connectivity index (χ1v) is 22.6. The van der Waals surface area contributed by atoms with Crippen LogP contribution in [-0.4, -0.2) is 75.6 Å². The van der Waals surface area contributed by atoms with Crippen LogP contribution in [0.1, 0.15) is 181 Å². The average molecular weight is 745 g/mol. The van der Waals surface area contributed by atoms with Gasteiger partial charge < -0.3 is 18.9 Å². The highest BCUT2D eigenvalue weighted by Gasteiger charge is 2.26. The van der Waals surface area contributed by atoms with E-state index in [9.17, 15) is 14.3 Å². The molecule has 0 aromatic carbocycles. The molecular weight excluding hydrogens is 661 g/mol. The molecule has 0 amide bonds. The lowest BCUT2D eigenvalue weighted by molar-refractivity contribution is -0.870. The monoisotopic (exact) mass is 745 g/mol. The zero-order valence-corrected chi connectivity index (χ0v) is 35.0. The summed E-state index contributed by atoms with van der Waals surface area (Å²) in [6, 6.07) is 0. The fourth-order valence-corrected chi connectivity index (χ4v) is 6.46. The number of phosphoric acid groups is 1. The number of hydrogen-bond acceptors (Lipinski definition) is 6. The van der Waals surface area contributed by atoms with Crippen LogP contribution < -0.4 is 0 Å². The predicted molar refractivity (Wildman–Crippen MR) is 215 cm³/mol. The molecule has 0 bridgehead atoms. The summed E-state index contributed by atoms with van der Waals surface area (Å²) in [5, 5.41) is 0. The number of allylic oxidation sites excluding steroid dienone is 4. The number of carbonyl (C=O) groups is 1. The van der Waals surface area contributed by atoms with Crippen LogP contribution in [0.3, 0.4) is 0 Å². The summed E-state index contributed by atoms with van der Waals surface area (Å²) in [5.41, 5.74) is 0. The minimum Gasteiger partial charge on any atom is -0.457 e. The van der Waals surface area contributed by atoms with E-state index >= 15 is 0 Å². The van der Waals surface area contributed by atoms with E-state index in [0.29, 0.717) is 24.1 Å². The van der Waals surface area contributed by atoms with Crippen molar-refractivity contribution in [2.24, 2.45) is 0 Å².